The lowest BCUT2D eigenvalue weighted by atomic mass is 9.77. The molecule has 1 amide bonds. The van der Waals surface area contributed by atoms with E-state index < -0.39 is 71.2 Å². The van der Waals surface area contributed by atoms with Gasteiger partial charge in [0.25, 0.3) is 5.91 Å². The van der Waals surface area contributed by atoms with Crippen molar-refractivity contribution in [3.8, 4) is 29.1 Å². The van der Waals surface area contributed by atoms with Gasteiger partial charge in [-0.1, -0.05) is 48.2 Å². The molecule has 0 aliphatic heterocycles. The fourth-order valence-corrected chi connectivity index (χ4v) is 5.70. The number of hydrogen-bond acceptors (Lipinski definition) is 6. The normalized spacial score (nSPS) is 11.8. The van der Waals surface area contributed by atoms with Crippen molar-refractivity contribution in [3.05, 3.63) is 160 Å². The molecule has 1 N–H and O–H groups in total. The number of carbonyl (C=O) groups is 2. The molecule has 58 heavy (non-hydrogen) atoms. The fraction of sp³-hybridized carbons (Fsp3) is 0.171. The number of nitrogens with one attached hydrogen (secondary N) is 1. The molecule has 0 unspecified atom stereocenters. The van der Waals surface area contributed by atoms with Crippen molar-refractivity contribution in [2.24, 2.45) is 0 Å². The topological polar surface area (TPSA) is 83.1 Å². The molecule has 0 spiro atoms. The van der Waals surface area contributed by atoms with Crippen LogP contribution in [0.5, 0.6) is 17.2 Å². The quantitative estimate of drug-likeness (QED) is 0.0813. The second kappa shape index (κ2) is 17.2. The van der Waals surface area contributed by atoms with Crippen LogP contribution in [0.2, 0.25) is 0 Å². The van der Waals surface area contributed by atoms with Gasteiger partial charge in [0.2, 0.25) is 0 Å². The summed E-state index contributed by atoms with van der Waals surface area (Å²) in [6.45, 7) is -0.117. The van der Waals surface area contributed by atoms with E-state index in [9.17, 15) is 53.5 Å². The third kappa shape index (κ3) is 11.2. The number of esters is 1. The van der Waals surface area contributed by atoms with E-state index in [0.29, 0.717) is 17.2 Å². The minimum absolute atomic E-state index is 0.117. The second-order valence-corrected chi connectivity index (χ2v) is 12.2. The smallest absolute Gasteiger partial charge is 0.481 e. The van der Waals surface area contributed by atoms with E-state index in [1.165, 1.54) is 55.6 Å². The summed E-state index contributed by atoms with van der Waals surface area (Å²) in [5.41, 5.74) is -4.00. The average Bonchev–Trinajstić information content (AvgIpc) is 3.15. The maximum absolute atomic E-state index is 14.2. The Kier molecular flexibility index (Phi) is 12.6. The summed E-state index contributed by atoms with van der Waals surface area (Å²) in [6.07, 6.45) is -16.1. The highest BCUT2D eigenvalue weighted by Gasteiger charge is 2.41. The van der Waals surface area contributed by atoms with Gasteiger partial charge < -0.3 is 24.3 Å². The molecule has 0 radical (unpaired) electrons. The van der Waals surface area contributed by atoms with Crippen LogP contribution in [0.15, 0.2) is 115 Å². The molecule has 0 heterocycles. The molecule has 0 aliphatic carbocycles. The van der Waals surface area contributed by atoms with Crippen molar-refractivity contribution >= 4 is 11.9 Å². The molecule has 5 aromatic rings. The van der Waals surface area contributed by atoms with Crippen molar-refractivity contribution in [2.75, 3.05) is 13.7 Å². The highest BCUT2D eigenvalue weighted by atomic mass is 19.4. The molecule has 7 nitrogen and oxygen atoms in total. The first kappa shape index (κ1) is 42.4. The van der Waals surface area contributed by atoms with E-state index in [1.807, 2.05) is 0 Å². The number of carbonyl (C=O) groups excluding carboxylic acids is 2. The molecular weight excluding hydrogens is 792 g/mol. The van der Waals surface area contributed by atoms with E-state index in [2.05, 4.69) is 31.4 Å². The lowest BCUT2D eigenvalue weighted by molar-refractivity contribution is -0.275. The van der Waals surface area contributed by atoms with Crippen LogP contribution in [-0.4, -0.2) is 38.3 Å². The minimum Gasteiger partial charge on any atom is -0.481 e. The summed E-state index contributed by atoms with van der Waals surface area (Å²) in [6, 6.07) is 21.5. The van der Waals surface area contributed by atoms with Gasteiger partial charge >= 0.3 is 24.9 Å². The van der Waals surface area contributed by atoms with E-state index >= 15 is 0 Å². The van der Waals surface area contributed by atoms with E-state index in [-0.39, 0.29) is 35.1 Å². The number of ether oxygens (including phenoxy) is 4. The maximum atomic E-state index is 14.2. The molecule has 0 atom stereocenters. The Hall–Kier alpha value is -6.70. The number of halogens is 10. The molecular formula is C41H27F10NO6. The number of methoxy groups -OCH3 is 1. The van der Waals surface area contributed by atoms with Crippen molar-refractivity contribution in [1.29, 1.82) is 0 Å². The standard InChI is InChI=1S/C41H27F10NO6/c1-55-37(54)27-14-10-25(11-15-27)5-4-20-56-31-17-12-26(13-18-31)24-38(29-6-2-8-32(22-29)57-40(46,47)48,30-7-3-9-33(23-30)58-41(49,50)51)52-36(53)28-16-19-35(42)34(21-28)39(43,44)45/h2-3,6-19,21-23H,20,24H2,1H3,(H,52,53). The first-order valence-corrected chi connectivity index (χ1v) is 16.6. The van der Waals surface area contributed by atoms with Crippen LogP contribution in [0.25, 0.3) is 0 Å². The summed E-state index contributed by atoms with van der Waals surface area (Å²) in [5, 5.41) is 2.51. The zero-order chi connectivity index (χ0) is 42.3. The zero-order valence-corrected chi connectivity index (χ0v) is 29.6. The summed E-state index contributed by atoms with van der Waals surface area (Å²) < 4.78 is 154. The lowest BCUT2D eigenvalue weighted by Crippen LogP contribution is -2.48. The molecule has 5 aromatic carbocycles. The third-order valence-electron chi connectivity index (χ3n) is 8.22. The van der Waals surface area contributed by atoms with Crippen molar-refractivity contribution in [3.63, 3.8) is 0 Å². The third-order valence-corrected chi connectivity index (χ3v) is 8.22. The Balaban J connectivity index is 1.56. The van der Waals surface area contributed by atoms with E-state index in [4.69, 9.17) is 4.74 Å². The predicted octanol–water partition coefficient (Wildman–Crippen LogP) is 9.78. The average molecular weight is 820 g/mol. The Morgan fingerprint density at radius 2 is 1.21 bits per heavy atom. The van der Waals surface area contributed by atoms with Crippen LogP contribution in [0.1, 0.15) is 48.5 Å². The summed E-state index contributed by atoms with van der Waals surface area (Å²) >= 11 is 0. The summed E-state index contributed by atoms with van der Waals surface area (Å²) in [4.78, 5) is 25.5. The van der Waals surface area contributed by atoms with Gasteiger partial charge in [0.1, 0.15) is 29.7 Å². The van der Waals surface area contributed by atoms with E-state index in [1.54, 1.807) is 12.1 Å². The van der Waals surface area contributed by atoms with Gasteiger partial charge in [-0.3, -0.25) is 4.79 Å². The minimum atomic E-state index is -5.24. The maximum Gasteiger partial charge on any atom is 0.573 e. The number of alkyl halides is 9. The number of hydrogen-bond donors (Lipinski definition) is 1. The molecule has 5 rings (SSSR count). The number of benzene rings is 5. The second-order valence-electron chi connectivity index (χ2n) is 12.2. The molecule has 0 saturated heterocycles. The van der Waals surface area contributed by atoms with Crippen LogP contribution in [-0.2, 0) is 22.9 Å². The summed E-state index contributed by atoms with van der Waals surface area (Å²) in [5.74, 6) is 0.753. The Bertz CT molecular complexity index is 2250. The number of rotatable bonds is 11. The van der Waals surface area contributed by atoms with Gasteiger partial charge in [0, 0.05) is 17.5 Å². The van der Waals surface area contributed by atoms with E-state index in [0.717, 1.165) is 42.5 Å². The van der Waals surface area contributed by atoms with Gasteiger partial charge in [-0.05, 0) is 95.6 Å². The molecule has 0 fully saturated rings. The molecule has 0 saturated carbocycles. The SMILES string of the molecule is COC(=O)c1ccc(C#CCOc2ccc(CC(NC(=O)c3ccc(F)c(C(F)(F)F)c3)(c3cccc(OC(F)(F)F)c3)c3cccc(OC(F)(F)F)c3)cc2)cc1. The van der Waals surface area contributed by atoms with Crippen LogP contribution < -0.4 is 19.5 Å². The fourth-order valence-electron chi connectivity index (χ4n) is 5.70. The predicted molar refractivity (Wildman–Crippen MR) is 186 cm³/mol. The van der Waals surface area contributed by atoms with Crippen LogP contribution in [0, 0.1) is 17.7 Å². The molecule has 302 valence electrons. The number of amides is 1. The van der Waals surface area contributed by atoms with Crippen LogP contribution >= 0.6 is 0 Å². The van der Waals surface area contributed by atoms with Gasteiger partial charge in [-0.2, -0.15) is 13.2 Å². The summed E-state index contributed by atoms with van der Waals surface area (Å²) in [7, 11) is 1.24. The van der Waals surface area contributed by atoms with Gasteiger partial charge in [-0.25, -0.2) is 9.18 Å². The molecule has 0 aromatic heterocycles. The monoisotopic (exact) mass is 819 g/mol. The highest BCUT2D eigenvalue weighted by Crippen LogP contribution is 2.39. The first-order chi connectivity index (χ1) is 27.2. The van der Waals surface area contributed by atoms with Crippen molar-refractivity contribution < 1.29 is 72.4 Å². The molecule has 0 aliphatic rings. The highest BCUT2D eigenvalue weighted by molar-refractivity contribution is 5.95. The Morgan fingerprint density at radius 1 is 0.655 bits per heavy atom. The van der Waals surface area contributed by atoms with Crippen molar-refractivity contribution in [2.45, 2.75) is 30.9 Å². The van der Waals surface area contributed by atoms with Crippen LogP contribution in [0.3, 0.4) is 0 Å². The Labute approximate surface area is 323 Å². The lowest BCUT2D eigenvalue weighted by Gasteiger charge is -2.37. The van der Waals surface area contributed by atoms with Gasteiger partial charge in [-0.15, -0.1) is 26.3 Å². The zero-order valence-electron chi connectivity index (χ0n) is 29.6. The molecule has 17 heteroatoms. The van der Waals surface area contributed by atoms with Crippen molar-refractivity contribution in [1.82, 2.24) is 5.32 Å². The van der Waals surface area contributed by atoms with Gasteiger partial charge in [0.05, 0.1) is 23.8 Å². The molecule has 0 bridgehead atoms. The van der Waals surface area contributed by atoms with Gasteiger partial charge in [0.15, 0.2) is 0 Å². The largest absolute Gasteiger partial charge is 0.573 e. The van der Waals surface area contributed by atoms with Crippen LogP contribution in [0.4, 0.5) is 43.9 Å². The first-order valence-electron chi connectivity index (χ1n) is 16.6. The Morgan fingerprint density at radius 3 is 1.72 bits per heavy atom.